The summed E-state index contributed by atoms with van der Waals surface area (Å²) in [4.78, 5) is 2.64. The predicted molar refractivity (Wildman–Crippen MR) is 84.0 cm³/mol. The molecule has 1 fully saturated rings. The van der Waals surface area contributed by atoms with Crippen molar-refractivity contribution in [2.24, 2.45) is 5.92 Å². The van der Waals surface area contributed by atoms with Gasteiger partial charge in [0.25, 0.3) is 0 Å². The zero-order valence-electron chi connectivity index (χ0n) is 12.9. The van der Waals surface area contributed by atoms with Gasteiger partial charge in [-0.05, 0) is 31.2 Å². The molecule has 3 heteroatoms. The normalized spacial score (nSPS) is 29.7. The van der Waals surface area contributed by atoms with Crippen molar-refractivity contribution in [2.75, 3.05) is 20.5 Å². The van der Waals surface area contributed by atoms with Crippen molar-refractivity contribution in [3.63, 3.8) is 0 Å². The van der Waals surface area contributed by atoms with E-state index in [2.05, 4.69) is 54.3 Å². The van der Waals surface area contributed by atoms with E-state index in [9.17, 15) is 0 Å². The number of nitrogens with zero attached hydrogens (tertiary/aromatic N) is 1. The minimum atomic E-state index is 0.380. The largest absolute Gasteiger partial charge is 0.359 e. The zero-order chi connectivity index (χ0) is 14.7. The van der Waals surface area contributed by atoms with Gasteiger partial charge >= 0.3 is 0 Å². The first-order valence-corrected chi connectivity index (χ1v) is 7.88. The van der Waals surface area contributed by atoms with Gasteiger partial charge in [0.2, 0.25) is 0 Å². The van der Waals surface area contributed by atoms with Gasteiger partial charge in [-0.2, -0.15) is 0 Å². The van der Waals surface area contributed by atoms with Gasteiger partial charge in [0.15, 0.2) is 0 Å². The Bertz CT molecular complexity index is 473. The molecule has 1 aromatic carbocycles. The van der Waals surface area contributed by atoms with Crippen LogP contribution in [0.1, 0.15) is 31.4 Å². The lowest BCUT2D eigenvalue weighted by Gasteiger charge is -2.50. The molecular weight excluding hydrogens is 262 g/mol. The molecule has 0 amide bonds. The van der Waals surface area contributed by atoms with E-state index < -0.39 is 0 Å². The summed E-state index contributed by atoms with van der Waals surface area (Å²) in [5.41, 5.74) is 1.38. The smallest absolute Gasteiger partial charge is 0.146 e. The molecule has 1 aromatic rings. The number of ether oxygens (including phenoxy) is 2. The molecule has 4 atom stereocenters. The van der Waals surface area contributed by atoms with Crippen LogP contribution in [0.4, 0.5) is 0 Å². The summed E-state index contributed by atoms with van der Waals surface area (Å²) in [5, 5.41) is 0. The van der Waals surface area contributed by atoms with Crippen LogP contribution in [0, 0.1) is 5.92 Å². The van der Waals surface area contributed by atoms with E-state index in [1.54, 1.807) is 7.11 Å². The Morgan fingerprint density at radius 1 is 1.19 bits per heavy atom. The fourth-order valence-electron chi connectivity index (χ4n) is 3.80. The minimum Gasteiger partial charge on any atom is -0.359 e. The van der Waals surface area contributed by atoms with E-state index in [1.807, 2.05) is 0 Å². The van der Waals surface area contributed by atoms with Crippen molar-refractivity contribution >= 4 is 0 Å². The first-order chi connectivity index (χ1) is 10.3. The van der Waals surface area contributed by atoms with Gasteiger partial charge in [-0.25, -0.2) is 0 Å². The van der Waals surface area contributed by atoms with E-state index in [0.717, 1.165) is 6.61 Å². The second kappa shape index (κ2) is 6.73. The van der Waals surface area contributed by atoms with Crippen molar-refractivity contribution < 1.29 is 9.47 Å². The molecular formula is C18H25NO2. The summed E-state index contributed by atoms with van der Waals surface area (Å²) in [7, 11) is 1.68. The van der Waals surface area contributed by atoms with Crippen molar-refractivity contribution in [3.8, 4) is 0 Å². The third-order valence-electron chi connectivity index (χ3n) is 4.86. The Morgan fingerprint density at radius 2 is 2.00 bits per heavy atom. The Hall–Kier alpha value is -1.16. The first kappa shape index (κ1) is 14.8. The molecule has 4 rings (SSSR count). The van der Waals surface area contributed by atoms with Crippen molar-refractivity contribution in [3.05, 3.63) is 48.0 Å². The summed E-state index contributed by atoms with van der Waals surface area (Å²) < 4.78 is 10.7. The quantitative estimate of drug-likeness (QED) is 0.455. The van der Waals surface area contributed by atoms with Gasteiger partial charge in [-0.3, -0.25) is 4.90 Å². The molecule has 2 heterocycles. The third-order valence-corrected chi connectivity index (χ3v) is 4.86. The fraction of sp³-hybridized carbons (Fsp3) is 0.556. The number of benzene rings is 1. The van der Waals surface area contributed by atoms with E-state index in [4.69, 9.17) is 9.47 Å². The maximum Gasteiger partial charge on any atom is 0.146 e. The second-order valence-electron chi connectivity index (χ2n) is 6.07. The molecule has 114 valence electrons. The molecule has 3 aliphatic rings. The van der Waals surface area contributed by atoms with Crippen molar-refractivity contribution in [2.45, 2.75) is 37.9 Å². The summed E-state index contributed by atoms with van der Waals surface area (Å²) in [6.45, 7) is 3.44. The summed E-state index contributed by atoms with van der Waals surface area (Å²) >= 11 is 0. The highest BCUT2D eigenvalue weighted by molar-refractivity contribution is 5.22. The molecule has 3 unspecified atom stereocenters. The van der Waals surface area contributed by atoms with E-state index in [-0.39, 0.29) is 0 Å². The number of hydrogen-bond acceptors (Lipinski definition) is 3. The first-order valence-electron chi connectivity index (χ1n) is 7.88. The van der Waals surface area contributed by atoms with Crippen LogP contribution < -0.4 is 0 Å². The minimum absolute atomic E-state index is 0.380. The Morgan fingerprint density at radius 3 is 2.67 bits per heavy atom. The Balaban J connectivity index is 1.78. The number of rotatable bonds is 6. The molecule has 0 saturated carbocycles. The molecule has 0 radical (unpaired) electrons. The molecule has 1 aliphatic carbocycles. The zero-order valence-corrected chi connectivity index (χ0v) is 12.9. The van der Waals surface area contributed by atoms with Crippen LogP contribution in [-0.2, 0) is 9.47 Å². The summed E-state index contributed by atoms with van der Waals surface area (Å²) in [6, 6.07) is 12.2. The molecule has 0 spiro atoms. The standard InChI is InChI=1S/C18H25NO2/c1-14(15-6-4-3-5-7-15)19-17-10-8-16(9-11-17)18(19)12-21-13-20-2/h3-8,10,14,16-18H,9,11-13H2,1-2H3/t14-,16?,17?,18?/m1/s1. The lowest BCUT2D eigenvalue weighted by atomic mass is 9.78. The van der Waals surface area contributed by atoms with Crippen LogP contribution in [0.15, 0.2) is 42.5 Å². The monoisotopic (exact) mass is 287 g/mol. The van der Waals surface area contributed by atoms with Crippen LogP contribution in [0.5, 0.6) is 0 Å². The molecule has 0 N–H and O–H groups in total. The van der Waals surface area contributed by atoms with Gasteiger partial charge in [-0.1, -0.05) is 42.5 Å². The predicted octanol–water partition coefficient (Wildman–Crippen LogP) is 3.39. The maximum atomic E-state index is 5.69. The van der Waals surface area contributed by atoms with Gasteiger partial charge in [-0.15, -0.1) is 0 Å². The molecule has 0 aromatic heterocycles. The molecule has 1 saturated heterocycles. The number of piperidine rings is 1. The topological polar surface area (TPSA) is 21.7 Å². The number of hydrogen-bond donors (Lipinski definition) is 0. The highest BCUT2D eigenvalue weighted by Crippen LogP contribution is 2.40. The van der Waals surface area contributed by atoms with Gasteiger partial charge in [0.05, 0.1) is 6.61 Å². The van der Waals surface area contributed by atoms with Crippen LogP contribution in [0.25, 0.3) is 0 Å². The second-order valence-corrected chi connectivity index (χ2v) is 6.07. The van der Waals surface area contributed by atoms with E-state index in [0.29, 0.717) is 30.8 Å². The van der Waals surface area contributed by atoms with Crippen LogP contribution in [0.2, 0.25) is 0 Å². The van der Waals surface area contributed by atoms with Crippen LogP contribution in [-0.4, -0.2) is 37.5 Å². The molecule has 2 bridgehead atoms. The lowest BCUT2D eigenvalue weighted by Crippen LogP contribution is -2.55. The third kappa shape index (κ3) is 3.05. The molecule has 2 aliphatic heterocycles. The fourth-order valence-corrected chi connectivity index (χ4v) is 3.80. The molecule has 3 nitrogen and oxygen atoms in total. The Kier molecular flexibility index (Phi) is 4.73. The van der Waals surface area contributed by atoms with Gasteiger partial charge in [0.1, 0.15) is 6.79 Å². The van der Waals surface area contributed by atoms with Crippen LogP contribution >= 0.6 is 0 Å². The van der Waals surface area contributed by atoms with E-state index in [1.165, 1.54) is 18.4 Å². The highest BCUT2D eigenvalue weighted by atomic mass is 16.7. The van der Waals surface area contributed by atoms with Crippen molar-refractivity contribution in [1.82, 2.24) is 4.90 Å². The average molecular weight is 287 g/mol. The maximum absolute atomic E-state index is 5.69. The molecule has 21 heavy (non-hydrogen) atoms. The number of methoxy groups -OCH3 is 1. The number of fused-ring (bicyclic) bond motifs is 2. The van der Waals surface area contributed by atoms with Crippen molar-refractivity contribution in [1.29, 1.82) is 0 Å². The SMILES string of the molecule is COCOCC1C2C=CC(CC2)N1[C@H](C)c1ccccc1. The average Bonchev–Trinajstić information content (AvgIpc) is 2.56. The lowest BCUT2D eigenvalue weighted by molar-refractivity contribution is -0.0803. The summed E-state index contributed by atoms with van der Waals surface area (Å²) in [6.07, 6.45) is 7.32. The van der Waals surface area contributed by atoms with Gasteiger partial charge in [0, 0.05) is 25.2 Å². The van der Waals surface area contributed by atoms with Gasteiger partial charge < -0.3 is 9.47 Å². The highest BCUT2D eigenvalue weighted by Gasteiger charge is 2.41. The van der Waals surface area contributed by atoms with E-state index >= 15 is 0 Å². The van der Waals surface area contributed by atoms with Crippen LogP contribution in [0.3, 0.4) is 0 Å². The Labute approximate surface area is 127 Å². The summed E-state index contributed by atoms with van der Waals surface area (Å²) in [5.74, 6) is 0.609.